The zero-order valence-electron chi connectivity index (χ0n) is 12.8. The highest BCUT2D eigenvalue weighted by molar-refractivity contribution is 5.52. The van der Waals surface area contributed by atoms with Crippen molar-refractivity contribution in [3.05, 3.63) is 78.9 Å². The van der Waals surface area contributed by atoms with Crippen LogP contribution in [-0.4, -0.2) is 9.85 Å². The van der Waals surface area contributed by atoms with Gasteiger partial charge in [-0.05, 0) is 12.1 Å². The number of benzene rings is 2. The highest BCUT2D eigenvalue weighted by Gasteiger charge is 2.10. The molecule has 26 heavy (non-hydrogen) atoms. The molecule has 0 fully saturated rings. The molecule has 0 unspecified atom stereocenters. The lowest BCUT2D eigenvalue weighted by Crippen LogP contribution is -1.90. The smallest absolute Gasteiger partial charge is 0.258 e. The predicted molar refractivity (Wildman–Crippen MR) is 85.1 cm³/mol. The van der Waals surface area contributed by atoms with E-state index in [0.717, 1.165) is 12.1 Å². The van der Waals surface area contributed by atoms with Crippen LogP contribution in [0.15, 0.2) is 36.4 Å². The molecular weight excluding hydrogens is 340 g/mol. The monoisotopic (exact) mass is 346 g/mol. The summed E-state index contributed by atoms with van der Waals surface area (Å²) < 4.78 is 0. The van der Waals surface area contributed by atoms with Crippen molar-refractivity contribution < 1.29 is 9.85 Å². The van der Waals surface area contributed by atoms with E-state index in [-0.39, 0.29) is 33.6 Å². The van der Waals surface area contributed by atoms with Crippen LogP contribution >= 0.6 is 0 Å². The van der Waals surface area contributed by atoms with Crippen molar-refractivity contribution in [2.24, 2.45) is 0 Å². The van der Waals surface area contributed by atoms with E-state index in [1.165, 1.54) is 24.3 Å². The molecule has 0 bridgehead atoms. The Hall–Kier alpha value is -4.80. The number of hydrogen-bond donors (Lipinski definition) is 0. The van der Waals surface area contributed by atoms with Gasteiger partial charge >= 0.3 is 0 Å². The number of nitrogens with zero attached hydrogens (tertiary/aromatic N) is 6. The molecule has 0 aliphatic rings. The molecule has 0 aromatic heterocycles. The maximum Gasteiger partial charge on any atom is 0.270 e. The largest absolute Gasteiger partial charge is 0.270 e. The van der Waals surface area contributed by atoms with Gasteiger partial charge in [-0.3, -0.25) is 20.2 Å². The van der Waals surface area contributed by atoms with Crippen molar-refractivity contribution in [1.82, 2.24) is 0 Å². The molecule has 0 heterocycles. The van der Waals surface area contributed by atoms with Gasteiger partial charge in [-0.25, -0.2) is 0 Å². The van der Waals surface area contributed by atoms with Crippen molar-refractivity contribution in [1.29, 1.82) is 21.0 Å². The van der Waals surface area contributed by atoms with E-state index in [4.69, 9.17) is 21.0 Å². The Kier molecular flexibility index (Phi) is 6.47. The average molecular weight is 346 g/mol. The van der Waals surface area contributed by atoms with Crippen LogP contribution in [0.5, 0.6) is 0 Å². The molecule has 124 valence electrons. The van der Waals surface area contributed by atoms with Crippen molar-refractivity contribution in [3.8, 4) is 24.3 Å². The number of hydrogen-bond acceptors (Lipinski definition) is 8. The van der Waals surface area contributed by atoms with Crippen molar-refractivity contribution >= 4 is 11.4 Å². The van der Waals surface area contributed by atoms with E-state index in [1.807, 2.05) is 0 Å². The van der Waals surface area contributed by atoms with Gasteiger partial charge in [0, 0.05) is 24.3 Å². The molecule has 0 aliphatic heterocycles. The van der Waals surface area contributed by atoms with Gasteiger partial charge in [0.25, 0.3) is 11.4 Å². The van der Waals surface area contributed by atoms with Crippen LogP contribution in [0.25, 0.3) is 0 Å². The third-order valence-corrected chi connectivity index (χ3v) is 2.91. The first kappa shape index (κ1) is 19.2. The number of nitro groups is 2. The summed E-state index contributed by atoms with van der Waals surface area (Å²) in [6.45, 7) is 0. The van der Waals surface area contributed by atoms with Crippen LogP contribution < -0.4 is 0 Å². The van der Waals surface area contributed by atoms with Crippen molar-refractivity contribution in [3.63, 3.8) is 0 Å². The molecule has 0 spiro atoms. The fourth-order valence-corrected chi connectivity index (χ4v) is 1.67. The molecule has 0 atom stereocenters. The van der Waals surface area contributed by atoms with Gasteiger partial charge in [-0.2, -0.15) is 21.0 Å². The first-order chi connectivity index (χ1) is 12.4. The molecule has 0 saturated heterocycles. The minimum absolute atomic E-state index is 0.0247. The van der Waals surface area contributed by atoms with Gasteiger partial charge in [0.2, 0.25) is 0 Å². The molecule has 2 aromatic rings. The van der Waals surface area contributed by atoms with E-state index in [0.29, 0.717) is 0 Å². The Morgan fingerprint density at radius 3 is 1.15 bits per heavy atom. The summed E-state index contributed by atoms with van der Waals surface area (Å²) in [6.07, 6.45) is 0. The topological polar surface area (TPSA) is 181 Å². The lowest BCUT2D eigenvalue weighted by atomic mass is 10.1. The maximum absolute atomic E-state index is 10.3. The Bertz CT molecular complexity index is 965. The quantitative estimate of drug-likeness (QED) is 0.587. The number of rotatable bonds is 2. The summed E-state index contributed by atoms with van der Waals surface area (Å²) in [5.41, 5.74) is -0.0271. The molecular formula is C16H6N6O4. The summed E-state index contributed by atoms with van der Waals surface area (Å²) in [5, 5.41) is 54.6. The lowest BCUT2D eigenvalue weighted by molar-refractivity contribution is -0.385. The van der Waals surface area contributed by atoms with Gasteiger partial charge in [-0.1, -0.05) is 0 Å². The summed E-state index contributed by atoms with van der Waals surface area (Å²) in [5.74, 6) is 0. The first-order valence-corrected chi connectivity index (χ1v) is 6.55. The highest BCUT2D eigenvalue weighted by Crippen LogP contribution is 2.17. The van der Waals surface area contributed by atoms with E-state index < -0.39 is 9.85 Å². The van der Waals surface area contributed by atoms with Gasteiger partial charge in [0.1, 0.15) is 24.3 Å². The molecule has 10 nitrogen and oxygen atoms in total. The van der Waals surface area contributed by atoms with Crippen LogP contribution in [0.3, 0.4) is 0 Å². The minimum Gasteiger partial charge on any atom is -0.258 e. The zero-order valence-corrected chi connectivity index (χ0v) is 12.8. The molecule has 10 heteroatoms. The third-order valence-electron chi connectivity index (χ3n) is 2.91. The molecule has 0 saturated carbocycles. The highest BCUT2D eigenvalue weighted by atomic mass is 16.6. The Morgan fingerprint density at radius 1 is 0.615 bits per heavy atom. The van der Waals surface area contributed by atoms with Crippen LogP contribution in [-0.2, 0) is 0 Å². The minimum atomic E-state index is -0.609. The Morgan fingerprint density at radius 2 is 0.923 bits per heavy atom. The molecule has 2 rings (SSSR count). The van der Waals surface area contributed by atoms with Crippen LogP contribution in [0.1, 0.15) is 22.3 Å². The summed E-state index contributed by atoms with van der Waals surface area (Å²) >= 11 is 0. The number of nitriles is 4. The second-order valence-electron chi connectivity index (χ2n) is 4.42. The number of nitro benzene ring substituents is 2. The predicted octanol–water partition coefficient (Wildman–Crippen LogP) is 2.68. The maximum atomic E-state index is 10.3. The second-order valence-corrected chi connectivity index (χ2v) is 4.42. The summed E-state index contributed by atoms with van der Waals surface area (Å²) in [4.78, 5) is 19.3. The molecule has 0 N–H and O–H groups in total. The Balaban J connectivity index is 0.000000260. The van der Waals surface area contributed by atoms with Crippen molar-refractivity contribution in [2.45, 2.75) is 0 Å². The van der Waals surface area contributed by atoms with Gasteiger partial charge < -0.3 is 0 Å². The van der Waals surface area contributed by atoms with Crippen molar-refractivity contribution in [2.75, 3.05) is 0 Å². The standard InChI is InChI=1S/2C8H3N3O2/c2*9-4-6-1-2-8(11(12)13)3-7(6)5-10/h2*1-3H. The SMILES string of the molecule is N#Cc1ccc([N+](=O)[O-])cc1C#N.N#Cc1ccc([N+](=O)[O-])cc1C#N. The van der Waals surface area contributed by atoms with E-state index >= 15 is 0 Å². The van der Waals surface area contributed by atoms with Gasteiger partial charge in [0.05, 0.1) is 32.1 Å². The first-order valence-electron chi connectivity index (χ1n) is 6.55. The molecule has 2 aromatic carbocycles. The van der Waals surface area contributed by atoms with E-state index in [9.17, 15) is 20.2 Å². The summed E-state index contributed by atoms with van der Waals surface area (Å²) in [6, 6.07) is 14.0. The fraction of sp³-hybridized carbons (Fsp3) is 0. The molecule has 0 amide bonds. The fourth-order valence-electron chi connectivity index (χ4n) is 1.67. The van der Waals surface area contributed by atoms with Crippen LogP contribution in [0.2, 0.25) is 0 Å². The zero-order chi connectivity index (χ0) is 19.7. The van der Waals surface area contributed by atoms with Crippen LogP contribution in [0.4, 0.5) is 11.4 Å². The Labute approximate surface area is 146 Å². The van der Waals surface area contributed by atoms with E-state index in [2.05, 4.69) is 0 Å². The lowest BCUT2D eigenvalue weighted by Gasteiger charge is -1.93. The van der Waals surface area contributed by atoms with Gasteiger partial charge in [0.15, 0.2) is 0 Å². The molecule has 0 radical (unpaired) electrons. The normalized spacial score (nSPS) is 8.46. The van der Waals surface area contributed by atoms with Gasteiger partial charge in [-0.15, -0.1) is 0 Å². The summed E-state index contributed by atoms with van der Waals surface area (Å²) in [7, 11) is 0. The third kappa shape index (κ3) is 4.60. The second kappa shape index (κ2) is 8.73. The molecule has 0 aliphatic carbocycles. The average Bonchev–Trinajstić information content (AvgIpc) is 2.66. The van der Waals surface area contributed by atoms with E-state index in [1.54, 1.807) is 24.3 Å². The van der Waals surface area contributed by atoms with Crippen LogP contribution in [0, 0.1) is 65.6 Å². The number of non-ortho nitro benzene ring substituents is 2.